The largest absolute Gasteiger partial charge is 0.386 e. The summed E-state index contributed by atoms with van der Waals surface area (Å²) >= 11 is 0. The lowest BCUT2D eigenvalue weighted by Gasteiger charge is -2.09. The first-order valence-corrected chi connectivity index (χ1v) is 6.35. The maximum Gasteiger partial charge on any atom is 0.265 e. The lowest BCUT2D eigenvalue weighted by atomic mass is 10.4. The van der Waals surface area contributed by atoms with E-state index in [1.54, 1.807) is 6.92 Å². The SMILES string of the molecule is CCc1ncc(S(=O)(=O)NCC(O)C(F)F)[nH]1. The molecule has 0 amide bonds. The van der Waals surface area contributed by atoms with E-state index in [1.807, 2.05) is 4.72 Å². The molecule has 0 fully saturated rings. The smallest absolute Gasteiger partial charge is 0.265 e. The molecule has 9 heteroatoms. The fraction of sp³-hybridized carbons (Fsp3) is 0.625. The number of rotatable bonds is 6. The number of aromatic amines is 1. The van der Waals surface area contributed by atoms with Crippen LogP contribution in [0.25, 0.3) is 0 Å². The van der Waals surface area contributed by atoms with E-state index in [0.717, 1.165) is 6.20 Å². The van der Waals surface area contributed by atoms with Crippen molar-refractivity contribution in [3.8, 4) is 0 Å². The van der Waals surface area contributed by atoms with E-state index in [0.29, 0.717) is 12.2 Å². The van der Waals surface area contributed by atoms with Crippen molar-refractivity contribution in [3.05, 3.63) is 12.0 Å². The number of hydrogen-bond acceptors (Lipinski definition) is 4. The number of sulfonamides is 1. The van der Waals surface area contributed by atoms with Crippen molar-refractivity contribution in [1.82, 2.24) is 14.7 Å². The summed E-state index contributed by atoms with van der Waals surface area (Å²) in [6, 6.07) is 0. The standard InChI is InChI=1S/C8H13F2N3O3S/c1-2-6-11-4-7(13-6)17(15,16)12-3-5(14)8(9)10/h4-5,8,12,14H,2-3H2,1H3,(H,11,13). The van der Waals surface area contributed by atoms with Crippen LogP contribution >= 0.6 is 0 Å². The Bertz CT molecular complexity index is 460. The molecule has 1 aromatic rings. The van der Waals surface area contributed by atoms with Crippen LogP contribution in [0, 0.1) is 0 Å². The Morgan fingerprint density at radius 2 is 2.24 bits per heavy atom. The number of aryl methyl sites for hydroxylation is 1. The van der Waals surface area contributed by atoms with Crippen LogP contribution in [0.1, 0.15) is 12.7 Å². The van der Waals surface area contributed by atoms with Crippen molar-refractivity contribution < 1.29 is 22.3 Å². The van der Waals surface area contributed by atoms with Crippen molar-refractivity contribution in [1.29, 1.82) is 0 Å². The minimum Gasteiger partial charge on any atom is -0.386 e. The molecule has 1 rings (SSSR count). The number of aliphatic hydroxyl groups is 1. The number of halogens is 2. The van der Waals surface area contributed by atoms with Crippen LogP contribution in [0.3, 0.4) is 0 Å². The average molecular weight is 269 g/mol. The van der Waals surface area contributed by atoms with Gasteiger partial charge >= 0.3 is 0 Å². The number of aliphatic hydroxyl groups excluding tert-OH is 1. The van der Waals surface area contributed by atoms with Gasteiger partial charge in [0, 0.05) is 13.0 Å². The fourth-order valence-corrected chi connectivity index (χ4v) is 2.01. The Hall–Kier alpha value is -1.06. The molecule has 0 spiro atoms. The van der Waals surface area contributed by atoms with Crippen LogP contribution in [0.4, 0.5) is 8.78 Å². The van der Waals surface area contributed by atoms with Gasteiger partial charge in [-0.15, -0.1) is 0 Å². The zero-order valence-electron chi connectivity index (χ0n) is 9.02. The molecule has 0 radical (unpaired) electrons. The first-order valence-electron chi connectivity index (χ1n) is 4.86. The number of nitrogens with one attached hydrogen (secondary N) is 2. The molecule has 6 nitrogen and oxygen atoms in total. The van der Waals surface area contributed by atoms with Gasteiger partial charge in [0.1, 0.15) is 11.9 Å². The van der Waals surface area contributed by atoms with Crippen LogP contribution in [-0.2, 0) is 16.4 Å². The molecular weight excluding hydrogens is 256 g/mol. The Morgan fingerprint density at radius 1 is 1.59 bits per heavy atom. The summed E-state index contributed by atoms with van der Waals surface area (Å²) in [5.74, 6) is 0.472. The van der Waals surface area contributed by atoms with Gasteiger partial charge < -0.3 is 10.1 Å². The van der Waals surface area contributed by atoms with Crippen molar-refractivity contribution in [2.24, 2.45) is 0 Å². The predicted molar refractivity (Wildman–Crippen MR) is 55.2 cm³/mol. The zero-order valence-corrected chi connectivity index (χ0v) is 9.84. The normalized spacial score (nSPS) is 14.2. The molecule has 17 heavy (non-hydrogen) atoms. The van der Waals surface area contributed by atoms with Gasteiger partial charge in [0.2, 0.25) is 0 Å². The fourth-order valence-electron chi connectivity index (χ4n) is 1.02. The summed E-state index contributed by atoms with van der Waals surface area (Å²) in [5, 5.41) is 8.57. The molecule has 0 aliphatic rings. The molecule has 0 bridgehead atoms. The van der Waals surface area contributed by atoms with Crippen molar-refractivity contribution >= 4 is 10.0 Å². The molecule has 0 aliphatic carbocycles. The van der Waals surface area contributed by atoms with E-state index < -0.39 is 29.1 Å². The van der Waals surface area contributed by atoms with E-state index in [-0.39, 0.29) is 5.03 Å². The number of imidazole rings is 1. The third-order valence-corrected chi connectivity index (χ3v) is 3.34. The van der Waals surface area contributed by atoms with E-state index in [1.165, 1.54) is 0 Å². The number of hydrogen-bond donors (Lipinski definition) is 3. The Kier molecular flexibility index (Phi) is 4.54. The first kappa shape index (κ1) is 14.0. The number of H-pyrrole nitrogens is 1. The molecule has 0 aromatic carbocycles. The highest BCUT2D eigenvalue weighted by atomic mass is 32.2. The van der Waals surface area contributed by atoms with Gasteiger partial charge in [0.25, 0.3) is 16.4 Å². The third kappa shape index (κ3) is 3.72. The first-order chi connectivity index (χ1) is 7.86. The number of aromatic nitrogens is 2. The minimum absolute atomic E-state index is 0.212. The van der Waals surface area contributed by atoms with Crippen LogP contribution in [0.2, 0.25) is 0 Å². The average Bonchev–Trinajstić information content (AvgIpc) is 2.75. The molecule has 1 atom stereocenters. The van der Waals surface area contributed by atoms with Crippen LogP contribution in [0.5, 0.6) is 0 Å². The van der Waals surface area contributed by atoms with Gasteiger partial charge in [-0.2, -0.15) is 0 Å². The second-order valence-electron chi connectivity index (χ2n) is 3.30. The molecule has 0 saturated heterocycles. The van der Waals surface area contributed by atoms with Crippen LogP contribution in [0.15, 0.2) is 11.2 Å². The monoisotopic (exact) mass is 269 g/mol. The molecule has 3 N–H and O–H groups in total. The van der Waals surface area contributed by atoms with Crippen LogP contribution < -0.4 is 4.72 Å². The van der Waals surface area contributed by atoms with Gasteiger partial charge in [-0.05, 0) is 0 Å². The summed E-state index contributed by atoms with van der Waals surface area (Å²) in [6.45, 7) is 1.03. The molecule has 1 aromatic heterocycles. The highest BCUT2D eigenvalue weighted by Gasteiger charge is 2.22. The van der Waals surface area contributed by atoms with Gasteiger partial charge in [-0.25, -0.2) is 26.9 Å². The van der Waals surface area contributed by atoms with Crippen LogP contribution in [-0.4, -0.2) is 42.6 Å². The summed E-state index contributed by atoms with van der Waals surface area (Å²) in [4.78, 5) is 6.30. The Morgan fingerprint density at radius 3 is 2.71 bits per heavy atom. The van der Waals surface area contributed by atoms with E-state index in [9.17, 15) is 17.2 Å². The molecule has 98 valence electrons. The molecule has 1 unspecified atom stereocenters. The maximum atomic E-state index is 12.0. The van der Waals surface area contributed by atoms with Crippen molar-refractivity contribution in [2.45, 2.75) is 30.9 Å². The summed E-state index contributed by atoms with van der Waals surface area (Å²) in [5.41, 5.74) is 0. The van der Waals surface area contributed by atoms with Gasteiger partial charge in [-0.3, -0.25) is 0 Å². The highest BCUT2D eigenvalue weighted by molar-refractivity contribution is 7.89. The lowest BCUT2D eigenvalue weighted by Crippen LogP contribution is -2.35. The maximum absolute atomic E-state index is 12.0. The van der Waals surface area contributed by atoms with Crippen molar-refractivity contribution in [2.75, 3.05) is 6.54 Å². The topological polar surface area (TPSA) is 95.1 Å². The minimum atomic E-state index is -3.94. The molecule has 0 aliphatic heterocycles. The Labute approximate surface area is 97.1 Å². The van der Waals surface area contributed by atoms with Gasteiger partial charge in [0.15, 0.2) is 5.03 Å². The summed E-state index contributed by atoms with van der Waals surface area (Å²) in [6.07, 6.45) is -3.41. The summed E-state index contributed by atoms with van der Waals surface area (Å²) < 4.78 is 48.9. The number of nitrogens with zero attached hydrogens (tertiary/aromatic N) is 1. The predicted octanol–water partition coefficient (Wildman–Crippen LogP) is -0.124. The van der Waals surface area contributed by atoms with E-state index >= 15 is 0 Å². The second kappa shape index (κ2) is 5.52. The van der Waals surface area contributed by atoms with Gasteiger partial charge in [-0.1, -0.05) is 6.92 Å². The molecule has 0 saturated carbocycles. The highest BCUT2D eigenvalue weighted by Crippen LogP contribution is 2.07. The Balaban J connectivity index is 2.69. The quantitative estimate of drug-likeness (QED) is 0.670. The van der Waals surface area contributed by atoms with Crippen molar-refractivity contribution in [3.63, 3.8) is 0 Å². The van der Waals surface area contributed by atoms with E-state index in [4.69, 9.17) is 5.11 Å². The molecule has 1 heterocycles. The third-order valence-electron chi connectivity index (χ3n) is 2.00. The zero-order chi connectivity index (χ0) is 13.1. The number of alkyl halides is 2. The van der Waals surface area contributed by atoms with Gasteiger partial charge in [0.05, 0.1) is 6.20 Å². The molecular formula is C8H13F2N3O3S. The second-order valence-corrected chi connectivity index (χ2v) is 5.04. The summed E-state index contributed by atoms with van der Waals surface area (Å²) in [7, 11) is -3.94. The lowest BCUT2D eigenvalue weighted by molar-refractivity contribution is -0.000458. The van der Waals surface area contributed by atoms with E-state index in [2.05, 4.69) is 9.97 Å².